The summed E-state index contributed by atoms with van der Waals surface area (Å²) in [5.41, 5.74) is 0. The Morgan fingerprint density at radius 3 is 2.68 bits per heavy atom. The minimum absolute atomic E-state index is 0.209. The highest BCUT2D eigenvalue weighted by Gasteiger charge is 2.45. The fourth-order valence-corrected chi connectivity index (χ4v) is 2.93. The molecule has 1 N–H and O–H groups in total. The van der Waals surface area contributed by atoms with Crippen LogP contribution in [0.1, 0.15) is 46.5 Å². The van der Waals surface area contributed by atoms with Gasteiger partial charge >= 0.3 is 0 Å². The predicted octanol–water partition coefficient (Wildman–Crippen LogP) is 2.32. The molecule has 2 aliphatic rings. The summed E-state index contributed by atoms with van der Waals surface area (Å²) in [7, 11) is 0. The van der Waals surface area contributed by atoms with Gasteiger partial charge in [0.25, 0.3) is 0 Å². The fraction of sp³-hybridized carbons (Fsp3) is 1.00. The summed E-state index contributed by atoms with van der Waals surface area (Å²) < 4.78 is 17.8. The van der Waals surface area contributed by atoms with Gasteiger partial charge in [-0.2, -0.15) is 0 Å². The smallest absolute Gasteiger partial charge is 0.171 e. The van der Waals surface area contributed by atoms with Crippen LogP contribution in [0.5, 0.6) is 0 Å². The van der Waals surface area contributed by atoms with Crippen molar-refractivity contribution in [2.75, 3.05) is 26.4 Å². The Balaban J connectivity index is 1.92. The lowest BCUT2D eigenvalue weighted by molar-refractivity contribution is -0.208. The van der Waals surface area contributed by atoms with Crippen LogP contribution in [-0.2, 0) is 14.2 Å². The summed E-state index contributed by atoms with van der Waals surface area (Å²) in [5.74, 6) is 0.210. The first-order chi connectivity index (χ1) is 9.15. The molecule has 1 spiro atoms. The highest BCUT2D eigenvalue weighted by atomic mass is 16.7. The van der Waals surface area contributed by atoms with Crippen molar-refractivity contribution in [1.82, 2.24) is 5.32 Å². The van der Waals surface area contributed by atoms with Crippen molar-refractivity contribution in [2.45, 2.75) is 64.4 Å². The van der Waals surface area contributed by atoms with Crippen LogP contribution in [-0.4, -0.2) is 44.3 Å². The Bertz CT molecular complexity index is 264. The lowest BCUT2D eigenvalue weighted by Gasteiger charge is -2.41. The third kappa shape index (κ3) is 4.15. The van der Waals surface area contributed by atoms with Gasteiger partial charge in [-0.1, -0.05) is 20.8 Å². The fourth-order valence-electron chi connectivity index (χ4n) is 2.93. The maximum atomic E-state index is 6.12. The van der Waals surface area contributed by atoms with Gasteiger partial charge in [0, 0.05) is 25.5 Å². The first-order valence-electron chi connectivity index (χ1n) is 7.78. The molecule has 0 radical (unpaired) electrons. The SMILES string of the molecule is CCCNC1CCC2(CC1OCC(C)C)OCCO2. The standard InChI is InChI=1S/C15H29NO3/c1-4-7-16-13-5-6-15(18-8-9-19-15)10-14(13)17-11-12(2)3/h12-14,16H,4-11H2,1-3H3. The number of hydrogen-bond acceptors (Lipinski definition) is 4. The second kappa shape index (κ2) is 7.02. The molecule has 1 aliphatic heterocycles. The maximum absolute atomic E-state index is 6.12. The molecule has 2 fully saturated rings. The summed E-state index contributed by atoms with van der Waals surface area (Å²) in [6.45, 7) is 9.90. The lowest BCUT2D eigenvalue weighted by Crippen LogP contribution is -2.52. The first kappa shape index (κ1) is 15.2. The normalized spacial score (nSPS) is 30.3. The average Bonchev–Trinajstić information content (AvgIpc) is 2.83. The van der Waals surface area contributed by atoms with Crippen molar-refractivity contribution in [2.24, 2.45) is 5.92 Å². The van der Waals surface area contributed by atoms with Crippen molar-refractivity contribution in [1.29, 1.82) is 0 Å². The molecule has 0 aromatic carbocycles. The van der Waals surface area contributed by atoms with E-state index in [-0.39, 0.29) is 11.9 Å². The number of nitrogens with one attached hydrogen (secondary N) is 1. The molecule has 112 valence electrons. The summed E-state index contributed by atoms with van der Waals surface area (Å²) in [4.78, 5) is 0. The minimum atomic E-state index is -0.355. The molecule has 0 aromatic rings. The Hall–Kier alpha value is -0.160. The lowest BCUT2D eigenvalue weighted by atomic mass is 9.87. The van der Waals surface area contributed by atoms with E-state index in [0.29, 0.717) is 12.0 Å². The molecule has 1 saturated carbocycles. The zero-order valence-electron chi connectivity index (χ0n) is 12.6. The van der Waals surface area contributed by atoms with Gasteiger partial charge in [0.15, 0.2) is 5.79 Å². The monoisotopic (exact) mass is 271 g/mol. The van der Waals surface area contributed by atoms with Gasteiger partial charge in [-0.05, 0) is 25.3 Å². The van der Waals surface area contributed by atoms with Gasteiger partial charge in [0.1, 0.15) is 0 Å². The molecule has 4 nitrogen and oxygen atoms in total. The van der Waals surface area contributed by atoms with E-state index in [1.165, 1.54) is 0 Å². The van der Waals surface area contributed by atoms with Crippen LogP contribution in [0.4, 0.5) is 0 Å². The molecule has 2 atom stereocenters. The van der Waals surface area contributed by atoms with Gasteiger partial charge < -0.3 is 19.5 Å². The van der Waals surface area contributed by atoms with Crippen LogP contribution < -0.4 is 5.32 Å². The predicted molar refractivity (Wildman–Crippen MR) is 75.1 cm³/mol. The van der Waals surface area contributed by atoms with Gasteiger partial charge in [-0.15, -0.1) is 0 Å². The highest BCUT2D eigenvalue weighted by molar-refractivity contribution is 4.92. The Morgan fingerprint density at radius 2 is 2.05 bits per heavy atom. The van der Waals surface area contributed by atoms with E-state index in [9.17, 15) is 0 Å². The second-order valence-electron chi connectivity index (χ2n) is 6.18. The van der Waals surface area contributed by atoms with E-state index in [1.54, 1.807) is 0 Å². The van der Waals surface area contributed by atoms with Gasteiger partial charge in [0.05, 0.1) is 19.3 Å². The van der Waals surface area contributed by atoms with Crippen molar-refractivity contribution >= 4 is 0 Å². The van der Waals surface area contributed by atoms with E-state index < -0.39 is 0 Å². The molecular formula is C15H29NO3. The van der Waals surface area contributed by atoms with Gasteiger partial charge in [-0.25, -0.2) is 0 Å². The average molecular weight is 271 g/mol. The van der Waals surface area contributed by atoms with E-state index in [1.807, 2.05) is 0 Å². The van der Waals surface area contributed by atoms with E-state index in [2.05, 4.69) is 26.1 Å². The van der Waals surface area contributed by atoms with Crippen molar-refractivity contribution in [3.05, 3.63) is 0 Å². The number of rotatable bonds is 6. The third-order valence-corrected chi connectivity index (χ3v) is 3.91. The molecule has 2 unspecified atom stereocenters. The van der Waals surface area contributed by atoms with Crippen LogP contribution >= 0.6 is 0 Å². The quantitative estimate of drug-likeness (QED) is 0.805. The van der Waals surface area contributed by atoms with E-state index >= 15 is 0 Å². The molecule has 1 heterocycles. The number of ether oxygens (including phenoxy) is 3. The van der Waals surface area contributed by atoms with E-state index in [0.717, 1.165) is 52.0 Å². The molecule has 1 aliphatic carbocycles. The third-order valence-electron chi connectivity index (χ3n) is 3.91. The molecule has 0 amide bonds. The topological polar surface area (TPSA) is 39.7 Å². The molecular weight excluding hydrogens is 242 g/mol. The van der Waals surface area contributed by atoms with Crippen molar-refractivity contribution in [3.63, 3.8) is 0 Å². The van der Waals surface area contributed by atoms with Gasteiger partial charge in [0.2, 0.25) is 0 Å². The van der Waals surface area contributed by atoms with Crippen LogP contribution in [0.2, 0.25) is 0 Å². The van der Waals surface area contributed by atoms with Crippen molar-refractivity contribution < 1.29 is 14.2 Å². The molecule has 0 aromatic heterocycles. The molecule has 2 rings (SSSR count). The zero-order valence-corrected chi connectivity index (χ0v) is 12.6. The Morgan fingerprint density at radius 1 is 1.32 bits per heavy atom. The molecule has 19 heavy (non-hydrogen) atoms. The summed E-state index contributed by atoms with van der Waals surface area (Å²) >= 11 is 0. The summed E-state index contributed by atoms with van der Waals surface area (Å²) in [6.07, 6.45) is 4.28. The Kier molecular flexibility index (Phi) is 5.63. The summed E-state index contributed by atoms with van der Waals surface area (Å²) in [5, 5.41) is 3.62. The van der Waals surface area contributed by atoms with E-state index in [4.69, 9.17) is 14.2 Å². The van der Waals surface area contributed by atoms with Crippen LogP contribution in [0.25, 0.3) is 0 Å². The van der Waals surface area contributed by atoms with Crippen molar-refractivity contribution in [3.8, 4) is 0 Å². The second-order valence-corrected chi connectivity index (χ2v) is 6.18. The molecule has 1 saturated heterocycles. The number of hydrogen-bond donors (Lipinski definition) is 1. The van der Waals surface area contributed by atoms with Crippen LogP contribution in [0, 0.1) is 5.92 Å². The van der Waals surface area contributed by atoms with Crippen LogP contribution in [0.3, 0.4) is 0 Å². The highest BCUT2D eigenvalue weighted by Crippen LogP contribution is 2.37. The molecule has 4 heteroatoms. The van der Waals surface area contributed by atoms with Crippen LogP contribution in [0.15, 0.2) is 0 Å². The first-order valence-corrected chi connectivity index (χ1v) is 7.78. The largest absolute Gasteiger partial charge is 0.376 e. The summed E-state index contributed by atoms with van der Waals surface area (Å²) in [6, 6.07) is 0.442. The maximum Gasteiger partial charge on any atom is 0.171 e. The Labute approximate surface area is 117 Å². The molecule has 0 bridgehead atoms. The van der Waals surface area contributed by atoms with Gasteiger partial charge in [-0.3, -0.25) is 0 Å². The zero-order chi connectivity index (χ0) is 13.7. The minimum Gasteiger partial charge on any atom is -0.376 e.